The van der Waals surface area contributed by atoms with Crippen LogP contribution in [-0.4, -0.2) is 29.1 Å². The first kappa shape index (κ1) is 14.5. The Labute approximate surface area is 126 Å². The largest absolute Gasteiger partial charge is 0.495 e. The fourth-order valence-corrected chi connectivity index (χ4v) is 2.45. The number of carboxylic acids is 1. The van der Waals surface area contributed by atoms with Crippen molar-refractivity contribution in [3.05, 3.63) is 38.8 Å². The Hall–Kier alpha value is -1.93. The van der Waals surface area contributed by atoms with Crippen LogP contribution in [0.4, 0.5) is 5.69 Å². The first-order chi connectivity index (χ1) is 9.51. The smallest absolute Gasteiger partial charge is 0.365 e. The van der Waals surface area contributed by atoms with Gasteiger partial charge in [-0.3, -0.25) is 4.79 Å². The summed E-state index contributed by atoms with van der Waals surface area (Å²) >= 11 is 4.21. The van der Waals surface area contributed by atoms with E-state index in [1.54, 1.807) is 18.2 Å². The van der Waals surface area contributed by atoms with E-state index in [0.717, 1.165) is 15.8 Å². The standard InChI is InChI=1S/C12H9BrN2O4S/c1-19-9-4-6(2-3-7(9)13)14-10(16)8-5-20-11(15-8)12(17)18/h2-5H,1H3,(H,14,16)(H,17,18). The second kappa shape index (κ2) is 6.02. The molecule has 1 amide bonds. The van der Waals surface area contributed by atoms with E-state index >= 15 is 0 Å². The molecule has 6 nitrogen and oxygen atoms in total. The van der Waals surface area contributed by atoms with Crippen LogP contribution in [0, 0.1) is 0 Å². The fourth-order valence-electron chi connectivity index (χ4n) is 1.41. The maximum atomic E-state index is 11.9. The van der Waals surface area contributed by atoms with Crippen LogP contribution in [0.3, 0.4) is 0 Å². The van der Waals surface area contributed by atoms with Gasteiger partial charge in [-0.25, -0.2) is 9.78 Å². The van der Waals surface area contributed by atoms with E-state index in [9.17, 15) is 9.59 Å². The molecule has 0 aliphatic rings. The van der Waals surface area contributed by atoms with Gasteiger partial charge in [-0.05, 0) is 28.1 Å². The SMILES string of the molecule is COc1cc(NC(=O)c2csc(C(=O)O)n2)ccc1Br. The van der Waals surface area contributed by atoms with Crippen molar-refractivity contribution in [1.82, 2.24) is 4.98 Å². The number of carbonyl (C=O) groups excluding carboxylic acids is 1. The third kappa shape index (κ3) is 3.14. The Morgan fingerprint density at radius 2 is 2.20 bits per heavy atom. The first-order valence-electron chi connectivity index (χ1n) is 5.35. The first-order valence-corrected chi connectivity index (χ1v) is 7.02. The number of anilines is 1. The molecule has 2 N–H and O–H groups in total. The number of rotatable bonds is 4. The molecule has 1 aromatic carbocycles. The van der Waals surface area contributed by atoms with Gasteiger partial charge < -0.3 is 15.2 Å². The van der Waals surface area contributed by atoms with E-state index in [0.29, 0.717) is 11.4 Å². The highest BCUT2D eigenvalue weighted by atomic mass is 79.9. The van der Waals surface area contributed by atoms with Crippen molar-refractivity contribution in [2.75, 3.05) is 12.4 Å². The summed E-state index contributed by atoms with van der Waals surface area (Å²) in [6.45, 7) is 0. The van der Waals surface area contributed by atoms with Crippen LogP contribution in [0.1, 0.15) is 20.3 Å². The van der Waals surface area contributed by atoms with E-state index in [2.05, 4.69) is 26.2 Å². The van der Waals surface area contributed by atoms with E-state index in [4.69, 9.17) is 9.84 Å². The van der Waals surface area contributed by atoms with Crippen molar-refractivity contribution < 1.29 is 19.4 Å². The average Bonchev–Trinajstić information content (AvgIpc) is 2.91. The lowest BCUT2D eigenvalue weighted by Crippen LogP contribution is -2.12. The van der Waals surface area contributed by atoms with Crippen LogP contribution >= 0.6 is 27.3 Å². The monoisotopic (exact) mass is 356 g/mol. The number of carboxylic acid groups (broad SMARTS) is 1. The number of thiazole rings is 1. The Kier molecular flexibility index (Phi) is 4.35. The maximum Gasteiger partial charge on any atom is 0.365 e. The third-order valence-corrected chi connectivity index (χ3v) is 3.81. The van der Waals surface area contributed by atoms with Gasteiger partial charge in [0.25, 0.3) is 5.91 Å². The molecule has 2 aromatic rings. The second-order valence-electron chi connectivity index (χ2n) is 3.65. The lowest BCUT2D eigenvalue weighted by Gasteiger charge is -2.07. The van der Waals surface area contributed by atoms with Gasteiger partial charge >= 0.3 is 5.97 Å². The summed E-state index contributed by atoms with van der Waals surface area (Å²) in [5.41, 5.74) is 0.592. The van der Waals surface area contributed by atoms with Crippen molar-refractivity contribution in [2.24, 2.45) is 0 Å². The number of halogens is 1. The molecule has 1 aromatic heterocycles. The van der Waals surface area contributed by atoms with Crippen LogP contribution in [0.5, 0.6) is 5.75 Å². The summed E-state index contributed by atoms with van der Waals surface area (Å²) in [4.78, 5) is 26.4. The minimum Gasteiger partial charge on any atom is -0.495 e. The van der Waals surface area contributed by atoms with Gasteiger partial charge in [0.05, 0.1) is 11.6 Å². The van der Waals surface area contributed by atoms with E-state index in [-0.39, 0.29) is 10.7 Å². The van der Waals surface area contributed by atoms with Gasteiger partial charge in [0.15, 0.2) is 0 Å². The molecule has 0 aliphatic carbocycles. The Balaban J connectivity index is 2.16. The van der Waals surface area contributed by atoms with E-state index < -0.39 is 11.9 Å². The summed E-state index contributed by atoms with van der Waals surface area (Å²) in [7, 11) is 1.52. The number of carbonyl (C=O) groups is 2. The molecule has 8 heteroatoms. The average molecular weight is 357 g/mol. The number of aromatic carboxylic acids is 1. The van der Waals surface area contributed by atoms with Crippen LogP contribution in [0.15, 0.2) is 28.1 Å². The zero-order valence-electron chi connectivity index (χ0n) is 10.2. The minimum atomic E-state index is -1.15. The summed E-state index contributed by atoms with van der Waals surface area (Å²) in [6, 6.07) is 5.07. The molecule has 0 bridgehead atoms. The summed E-state index contributed by atoms with van der Waals surface area (Å²) in [6.07, 6.45) is 0. The number of nitrogens with zero attached hydrogens (tertiary/aromatic N) is 1. The number of methoxy groups -OCH3 is 1. The Morgan fingerprint density at radius 3 is 2.80 bits per heavy atom. The number of amides is 1. The topological polar surface area (TPSA) is 88.5 Å². The van der Waals surface area contributed by atoms with Gasteiger partial charge in [0, 0.05) is 17.1 Å². The van der Waals surface area contributed by atoms with Gasteiger partial charge in [0.1, 0.15) is 11.4 Å². The predicted molar refractivity (Wildman–Crippen MR) is 77.7 cm³/mol. The lowest BCUT2D eigenvalue weighted by atomic mass is 10.3. The molecule has 0 aliphatic heterocycles. The molecule has 1 heterocycles. The number of ether oxygens (including phenoxy) is 1. The normalized spacial score (nSPS) is 10.1. The van der Waals surface area contributed by atoms with Crippen LogP contribution in [0.2, 0.25) is 0 Å². The molecule has 20 heavy (non-hydrogen) atoms. The summed E-state index contributed by atoms with van der Waals surface area (Å²) in [5, 5.41) is 12.7. The van der Waals surface area contributed by atoms with E-state index in [1.165, 1.54) is 12.5 Å². The van der Waals surface area contributed by atoms with Gasteiger partial charge in [-0.15, -0.1) is 11.3 Å². The van der Waals surface area contributed by atoms with Crippen molar-refractivity contribution >= 4 is 44.8 Å². The third-order valence-electron chi connectivity index (χ3n) is 2.33. The molecule has 0 saturated heterocycles. The molecule has 0 fully saturated rings. The van der Waals surface area contributed by atoms with E-state index in [1.807, 2.05) is 0 Å². The molecule has 0 unspecified atom stereocenters. The molecular formula is C12H9BrN2O4S. The highest BCUT2D eigenvalue weighted by Gasteiger charge is 2.15. The highest BCUT2D eigenvalue weighted by Crippen LogP contribution is 2.28. The molecule has 2 rings (SSSR count). The predicted octanol–water partition coefficient (Wildman–Crippen LogP) is 2.86. The zero-order valence-corrected chi connectivity index (χ0v) is 12.6. The fraction of sp³-hybridized carbons (Fsp3) is 0.0833. The second-order valence-corrected chi connectivity index (χ2v) is 5.36. The van der Waals surface area contributed by atoms with Crippen molar-refractivity contribution in [3.8, 4) is 5.75 Å². The summed E-state index contributed by atoms with van der Waals surface area (Å²) in [5.74, 6) is -1.05. The van der Waals surface area contributed by atoms with Crippen LogP contribution < -0.4 is 10.1 Å². The number of hydrogen-bond acceptors (Lipinski definition) is 5. The number of benzene rings is 1. The molecule has 0 radical (unpaired) electrons. The van der Waals surface area contributed by atoms with Crippen molar-refractivity contribution in [2.45, 2.75) is 0 Å². The van der Waals surface area contributed by atoms with Crippen molar-refractivity contribution in [1.29, 1.82) is 0 Å². The number of aromatic nitrogens is 1. The van der Waals surface area contributed by atoms with Gasteiger partial charge in [-0.2, -0.15) is 0 Å². The Bertz CT molecular complexity index is 671. The van der Waals surface area contributed by atoms with Crippen LogP contribution in [0.25, 0.3) is 0 Å². The molecule has 104 valence electrons. The van der Waals surface area contributed by atoms with Crippen LogP contribution in [-0.2, 0) is 0 Å². The highest BCUT2D eigenvalue weighted by molar-refractivity contribution is 9.10. The number of nitrogens with one attached hydrogen (secondary N) is 1. The quantitative estimate of drug-likeness (QED) is 0.879. The van der Waals surface area contributed by atoms with Gasteiger partial charge in [0.2, 0.25) is 5.01 Å². The minimum absolute atomic E-state index is 0.0642. The molecule has 0 spiro atoms. The van der Waals surface area contributed by atoms with Crippen molar-refractivity contribution in [3.63, 3.8) is 0 Å². The Morgan fingerprint density at radius 1 is 1.45 bits per heavy atom. The molecule has 0 atom stereocenters. The molecular weight excluding hydrogens is 348 g/mol. The number of hydrogen-bond donors (Lipinski definition) is 2. The molecule has 0 saturated carbocycles. The van der Waals surface area contributed by atoms with Gasteiger partial charge in [-0.1, -0.05) is 0 Å². The lowest BCUT2D eigenvalue weighted by molar-refractivity contribution is 0.0696. The zero-order chi connectivity index (χ0) is 14.7. The summed E-state index contributed by atoms with van der Waals surface area (Å²) < 4.78 is 5.88. The maximum absolute atomic E-state index is 11.9.